The second kappa shape index (κ2) is 4.77. The van der Waals surface area contributed by atoms with Crippen LogP contribution >= 0.6 is 0 Å². The van der Waals surface area contributed by atoms with Gasteiger partial charge in [0.1, 0.15) is 5.69 Å². The average molecular weight is 267 g/mol. The molecule has 0 fully saturated rings. The van der Waals surface area contributed by atoms with Crippen molar-refractivity contribution in [2.24, 2.45) is 0 Å². The van der Waals surface area contributed by atoms with E-state index in [1.165, 1.54) is 6.07 Å². The Morgan fingerprint density at radius 2 is 2.11 bits per heavy atom. The predicted molar refractivity (Wildman–Crippen MR) is 65.7 cm³/mol. The summed E-state index contributed by atoms with van der Waals surface area (Å²) in [7, 11) is -3.65. The van der Waals surface area contributed by atoms with Crippen LogP contribution in [0.15, 0.2) is 33.8 Å². The molecule has 0 aliphatic heterocycles. The van der Waals surface area contributed by atoms with Crippen molar-refractivity contribution in [2.75, 3.05) is 4.72 Å². The molecule has 1 aromatic carbocycles. The number of aryl methyl sites for hydroxylation is 2. The van der Waals surface area contributed by atoms with E-state index >= 15 is 0 Å². The average Bonchev–Trinajstić information content (AvgIpc) is 2.74. The summed E-state index contributed by atoms with van der Waals surface area (Å²) in [5.74, 6) is 0.108. The van der Waals surface area contributed by atoms with Crippen LogP contribution in [0.2, 0.25) is 0 Å². The zero-order chi connectivity index (χ0) is 13.2. The molecule has 0 amide bonds. The van der Waals surface area contributed by atoms with E-state index in [0.29, 0.717) is 5.69 Å². The fraction of sp³-hybridized carbons (Fsp3) is 0.273. The molecule has 0 spiro atoms. The molecule has 18 heavy (non-hydrogen) atoms. The highest BCUT2D eigenvalue weighted by Gasteiger charge is 2.18. The van der Waals surface area contributed by atoms with Gasteiger partial charge in [-0.15, -0.1) is 0 Å². The molecule has 0 aliphatic rings. The second-order valence-corrected chi connectivity index (χ2v) is 5.49. The van der Waals surface area contributed by atoms with Crippen LogP contribution in [0, 0.1) is 6.92 Å². The molecule has 0 unspecified atom stereocenters. The molecule has 0 radical (unpaired) electrons. The topological polar surface area (TPSA) is 85.1 Å². The van der Waals surface area contributed by atoms with Gasteiger partial charge in [-0.1, -0.05) is 24.2 Å². The van der Waals surface area contributed by atoms with Gasteiger partial charge in [0, 0.05) is 0 Å². The number of benzene rings is 1. The minimum absolute atomic E-state index is 0.108. The van der Waals surface area contributed by atoms with Gasteiger partial charge in [0.2, 0.25) is 5.82 Å². The van der Waals surface area contributed by atoms with Gasteiger partial charge < -0.3 is 0 Å². The summed E-state index contributed by atoms with van der Waals surface area (Å²) in [5.41, 5.74) is 1.35. The largest absolute Gasteiger partial charge is 0.263 e. The molecule has 1 N–H and O–H groups in total. The van der Waals surface area contributed by atoms with Gasteiger partial charge >= 0.3 is 0 Å². The van der Waals surface area contributed by atoms with Crippen molar-refractivity contribution in [3.8, 4) is 0 Å². The molecule has 0 bridgehead atoms. The van der Waals surface area contributed by atoms with E-state index < -0.39 is 10.0 Å². The highest BCUT2D eigenvalue weighted by molar-refractivity contribution is 7.92. The van der Waals surface area contributed by atoms with E-state index in [4.69, 9.17) is 0 Å². The number of hydrogen-bond donors (Lipinski definition) is 1. The van der Waals surface area contributed by atoms with Crippen LogP contribution < -0.4 is 4.72 Å². The summed E-state index contributed by atoms with van der Waals surface area (Å²) in [6, 6.07) is 6.75. The highest BCUT2D eigenvalue weighted by Crippen LogP contribution is 2.17. The van der Waals surface area contributed by atoms with Gasteiger partial charge in [-0.05, 0) is 36.2 Å². The van der Waals surface area contributed by atoms with Crippen molar-refractivity contribution in [2.45, 2.75) is 25.2 Å². The molecule has 2 aromatic rings. The van der Waals surface area contributed by atoms with Crippen molar-refractivity contribution in [3.05, 3.63) is 35.5 Å². The third-order valence-electron chi connectivity index (χ3n) is 2.50. The number of sulfonamides is 1. The van der Waals surface area contributed by atoms with Crippen molar-refractivity contribution in [1.29, 1.82) is 0 Å². The number of nitrogens with zero attached hydrogens (tertiary/aromatic N) is 2. The summed E-state index contributed by atoms with van der Waals surface area (Å²) in [6.45, 7) is 3.57. The third-order valence-corrected chi connectivity index (χ3v) is 3.84. The maximum Gasteiger partial charge on any atom is 0.263 e. The third kappa shape index (κ3) is 2.51. The number of anilines is 1. The standard InChI is InChI=1S/C11H13N3O3S/c1-3-9-5-4-6-10(7-9)18(15,16)14-11-8(2)12-17-13-11/h4-7H,3H2,1-2H3,(H,13,14). The quantitative estimate of drug-likeness (QED) is 0.912. The molecule has 0 atom stereocenters. The Bertz CT molecular complexity index is 649. The SMILES string of the molecule is CCc1cccc(S(=O)(=O)Nc2nonc2C)c1. The van der Waals surface area contributed by atoms with Crippen LogP contribution in [-0.4, -0.2) is 18.7 Å². The lowest BCUT2D eigenvalue weighted by molar-refractivity contribution is 0.306. The second-order valence-electron chi connectivity index (χ2n) is 3.80. The summed E-state index contributed by atoms with van der Waals surface area (Å²) >= 11 is 0. The van der Waals surface area contributed by atoms with Gasteiger partial charge in [0.05, 0.1) is 4.90 Å². The summed E-state index contributed by atoms with van der Waals surface area (Å²) in [5, 5.41) is 7.01. The van der Waals surface area contributed by atoms with Crippen molar-refractivity contribution in [3.63, 3.8) is 0 Å². The zero-order valence-electron chi connectivity index (χ0n) is 10.0. The molecule has 96 valence electrons. The Kier molecular flexibility index (Phi) is 3.33. The van der Waals surface area contributed by atoms with Crippen LogP contribution in [0.1, 0.15) is 18.2 Å². The lowest BCUT2D eigenvalue weighted by Crippen LogP contribution is -2.14. The van der Waals surface area contributed by atoms with Crippen LogP contribution in [0.3, 0.4) is 0 Å². The maximum absolute atomic E-state index is 12.1. The summed E-state index contributed by atoms with van der Waals surface area (Å²) in [6.07, 6.45) is 0.772. The number of aromatic nitrogens is 2. The predicted octanol–water partition coefficient (Wildman–Crippen LogP) is 1.74. The molecule has 1 aromatic heterocycles. The van der Waals surface area contributed by atoms with Crippen molar-refractivity contribution in [1.82, 2.24) is 10.3 Å². The Labute approximate surface area is 105 Å². The number of nitrogens with one attached hydrogen (secondary N) is 1. The Morgan fingerprint density at radius 1 is 1.33 bits per heavy atom. The molecule has 0 aliphatic carbocycles. The fourth-order valence-corrected chi connectivity index (χ4v) is 2.56. The summed E-state index contributed by atoms with van der Waals surface area (Å²) in [4.78, 5) is 0.198. The first-order chi connectivity index (χ1) is 8.53. The molecule has 2 rings (SSSR count). The van der Waals surface area contributed by atoms with Crippen LogP contribution in [0.5, 0.6) is 0 Å². The molecular weight excluding hydrogens is 254 g/mol. The minimum atomic E-state index is -3.65. The fourth-order valence-electron chi connectivity index (χ4n) is 1.44. The maximum atomic E-state index is 12.1. The van der Waals surface area contributed by atoms with Gasteiger partial charge in [-0.2, -0.15) is 0 Å². The van der Waals surface area contributed by atoms with Crippen molar-refractivity contribution < 1.29 is 13.0 Å². The monoisotopic (exact) mass is 267 g/mol. The van der Waals surface area contributed by atoms with E-state index in [1.807, 2.05) is 13.0 Å². The van der Waals surface area contributed by atoms with E-state index in [0.717, 1.165) is 12.0 Å². The molecule has 7 heteroatoms. The first-order valence-corrected chi connectivity index (χ1v) is 6.92. The molecule has 1 heterocycles. The van der Waals surface area contributed by atoms with Crippen molar-refractivity contribution >= 4 is 15.8 Å². The van der Waals surface area contributed by atoms with Crippen LogP contribution in [0.25, 0.3) is 0 Å². The van der Waals surface area contributed by atoms with Gasteiger partial charge in [0.15, 0.2) is 0 Å². The Hall–Kier alpha value is -1.89. The van der Waals surface area contributed by atoms with Crippen LogP contribution in [-0.2, 0) is 16.4 Å². The van der Waals surface area contributed by atoms with E-state index in [1.54, 1.807) is 19.1 Å². The normalized spacial score (nSPS) is 11.4. The first-order valence-electron chi connectivity index (χ1n) is 5.44. The minimum Gasteiger partial charge on any atom is -0.259 e. The zero-order valence-corrected chi connectivity index (χ0v) is 10.9. The van der Waals surface area contributed by atoms with E-state index in [2.05, 4.69) is 19.7 Å². The summed E-state index contributed by atoms with van der Waals surface area (Å²) < 4.78 is 31.0. The number of hydrogen-bond acceptors (Lipinski definition) is 5. The van der Waals surface area contributed by atoms with E-state index in [-0.39, 0.29) is 10.7 Å². The van der Waals surface area contributed by atoms with Gasteiger partial charge in [-0.25, -0.2) is 13.0 Å². The number of rotatable bonds is 4. The molecule has 0 saturated heterocycles. The molecule has 0 saturated carbocycles. The van der Waals surface area contributed by atoms with Crippen LogP contribution in [0.4, 0.5) is 5.82 Å². The molecule has 6 nitrogen and oxygen atoms in total. The Balaban J connectivity index is 2.33. The van der Waals surface area contributed by atoms with E-state index in [9.17, 15) is 8.42 Å². The Morgan fingerprint density at radius 3 is 2.72 bits per heavy atom. The smallest absolute Gasteiger partial charge is 0.259 e. The van der Waals surface area contributed by atoms with Gasteiger partial charge in [0.25, 0.3) is 10.0 Å². The molecular formula is C11H13N3O3S. The first kappa shape index (κ1) is 12.6. The van der Waals surface area contributed by atoms with Gasteiger partial charge in [-0.3, -0.25) is 4.72 Å². The highest BCUT2D eigenvalue weighted by atomic mass is 32.2. The lowest BCUT2D eigenvalue weighted by atomic mass is 10.2. The lowest BCUT2D eigenvalue weighted by Gasteiger charge is -2.06.